The number of aromatic nitrogens is 2. The van der Waals surface area contributed by atoms with Crippen molar-refractivity contribution >= 4 is 11.9 Å². The Balaban J connectivity index is 1.76. The molecule has 0 saturated carbocycles. The van der Waals surface area contributed by atoms with Crippen molar-refractivity contribution in [2.24, 2.45) is 0 Å². The van der Waals surface area contributed by atoms with Gasteiger partial charge in [-0.25, -0.2) is 9.48 Å². The molecule has 1 aromatic heterocycles. The Kier molecular flexibility index (Phi) is 4.84. The molecule has 1 atom stereocenters. The van der Waals surface area contributed by atoms with E-state index in [0.29, 0.717) is 23.4 Å². The van der Waals surface area contributed by atoms with Crippen LogP contribution in [-0.4, -0.2) is 26.6 Å². The van der Waals surface area contributed by atoms with E-state index in [1.807, 2.05) is 67.6 Å². The number of imide groups is 1. The van der Waals surface area contributed by atoms with Gasteiger partial charge in [-0.15, -0.1) is 0 Å². The van der Waals surface area contributed by atoms with Crippen molar-refractivity contribution < 1.29 is 9.59 Å². The predicted octanol–water partition coefficient (Wildman–Crippen LogP) is 3.41. The lowest BCUT2D eigenvalue weighted by Gasteiger charge is -2.25. The van der Waals surface area contributed by atoms with Crippen molar-refractivity contribution in [3.8, 4) is 11.8 Å². The van der Waals surface area contributed by atoms with E-state index in [4.69, 9.17) is 0 Å². The van der Waals surface area contributed by atoms with Gasteiger partial charge in [-0.1, -0.05) is 55.5 Å². The first-order chi connectivity index (χ1) is 14.5. The minimum absolute atomic E-state index is 0.0438. The number of carbonyl (C=O) groups excluding carboxylic acids is 2. The van der Waals surface area contributed by atoms with Crippen molar-refractivity contribution in [2.45, 2.75) is 32.4 Å². The number of benzene rings is 2. The minimum Gasteiger partial charge on any atom is -0.319 e. The van der Waals surface area contributed by atoms with Crippen LogP contribution in [-0.2, 0) is 16.9 Å². The molecule has 0 radical (unpaired) electrons. The number of nitrogens with zero attached hydrogens (tertiary/aromatic N) is 4. The highest BCUT2D eigenvalue weighted by Crippen LogP contribution is 2.33. The number of para-hydroxylation sites is 1. The van der Waals surface area contributed by atoms with Crippen molar-refractivity contribution in [1.29, 1.82) is 5.26 Å². The van der Waals surface area contributed by atoms with Gasteiger partial charge in [0.1, 0.15) is 11.6 Å². The van der Waals surface area contributed by atoms with Crippen LogP contribution in [0, 0.1) is 18.3 Å². The summed E-state index contributed by atoms with van der Waals surface area (Å²) in [6.07, 6.45) is 0.417. The van der Waals surface area contributed by atoms with Gasteiger partial charge >= 0.3 is 6.03 Å². The van der Waals surface area contributed by atoms with Crippen LogP contribution in [0.15, 0.2) is 60.7 Å². The molecule has 2 heterocycles. The van der Waals surface area contributed by atoms with Gasteiger partial charge in [-0.3, -0.25) is 9.69 Å². The fourth-order valence-electron chi connectivity index (χ4n) is 3.93. The summed E-state index contributed by atoms with van der Waals surface area (Å²) < 4.78 is 1.63. The molecule has 1 aliphatic heterocycles. The molecule has 7 heteroatoms. The second-order valence-corrected chi connectivity index (χ2v) is 7.21. The first kappa shape index (κ1) is 19.4. The van der Waals surface area contributed by atoms with Crippen molar-refractivity contribution in [3.05, 3.63) is 83.2 Å². The highest BCUT2D eigenvalue weighted by atomic mass is 16.2. The Morgan fingerprint density at radius 3 is 2.30 bits per heavy atom. The zero-order valence-electron chi connectivity index (χ0n) is 16.8. The topological polar surface area (TPSA) is 91.0 Å². The highest BCUT2D eigenvalue weighted by Gasteiger charge is 2.51. The lowest BCUT2D eigenvalue weighted by Crippen LogP contribution is -2.43. The van der Waals surface area contributed by atoms with Crippen molar-refractivity contribution in [2.75, 3.05) is 0 Å². The van der Waals surface area contributed by atoms with Gasteiger partial charge in [-0.2, -0.15) is 10.4 Å². The average Bonchev–Trinajstić information content (AvgIpc) is 3.23. The molecule has 0 unspecified atom stereocenters. The van der Waals surface area contributed by atoms with E-state index in [0.717, 1.165) is 11.3 Å². The maximum atomic E-state index is 13.5. The molecular formula is C23H21N5O2. The molecule has 4 rings (SSSR count). The van der Waals surface area contributed by atoms with Gasteiger partial charge in [0, 0.05) is 0 Å². The molecule has 1 fully saturated rings. The molecule has 1 saturated heterocycles. The summed E-state index contributed by atoms with van der Waals surface area (Å²) in [7, 11) is 0. The zero-order chi connectivity index (χ0) is 21.3. The van der Waals surface area contributed by atoms with Crippen LogP contribution in [0.4, 0.5) is 4.79 Å². The summed E-state index contributed by atoms with van der Waals surface area (Å²) in [5.74, 6) is -0.330. The van der Waals surface area contributed by atoms with Crippen LogP contribution in [0.5, 0.6) is 0 Å². The normalized spacial score (nSPS) is 18.4. The largest absolute Gasteiger partial charge is 0.325 e. The fraction of sp³-hybridized carbons (Fsp3) is 0.217. The summed E-state index contributed by atoms with van der Waals surface area (Å²) in [4.78, 5) is 27.5. The standard InChI is InChI=1S/C23H21N5O2/c1-3-23(17-10-6-4-7-11-17)21(29)27(22(30)25-23)15-20-19(14-24)16(2)26-28(20)18-12-8-5-9-13-18/h4-13H,3,15H2,1-2H3,(H,25,30)/t23-/m1/s1. The monoisotopic (exact) mass is 399 g/mol. The molecule has 30 heavy (non-hydrogen) atoms. The van der Waals surface area contributed by atoms with Crippen LogP contribution in [0.25, 0.3) is 5.69 Å². The quantitative estimate of drug-likeness (QED) is 0.666. The van der Waals surface area contributed by atoms with E-state index in [-0.39, 0.29) is 12.5 Å². The number of urea groups is 1. The number of carbonyl (C=O) groups is 2. The Morgan fingerprint density at radius 2 is 1.70 bits per heavy atom. The molecule has 1 N–H and O–H groups in total. The van der Waals surface area contributed by atoms with Crippen LogP contribution in [0.3, 0.4) is 0 Å². The Morgan fingerprint density at radius 1 is 1.07 bits per heavy atom. The van der Waals surface area contributed by atoms with Crippen LogP contribution < -0.4 is 5.32 Å². The first-order valence-electron chi connectivity index (χ1n) is 9.75. The number of hydrogen-bond donors (Lipinski definition) is 1. The molecule has 0 bridgehead atoms. The van der Waals surface area contributed by atoms with Gasteiger partial charge in [0.15, 0.2) is 0 Å². The summed E-state index contributed by atoms with van der Waals surface area (Å²) in [5, 5.41) is 17.0. The molecular weight excluding hydrogens is 378 g/mol. The number of aryl methyl sites for hydroxylation is 1. The van der Waals surface area contributed by atoms with E-state index in [1.165, 1.54) is 4.90 Å². The molecule has 0 aliphatic carbocycles. The molecule has 2 aromatic carbocycles. The van der Waals surface area contributed by atoms with Crippen LogP contribution in [0.2, 0.25) is 0 Å². The summed E-state index contributed by atoms with van der Waals surface area (Å²) >= 11 is 0. The van der Waals surface area contributed by atoms with E-state index in [9.17, 15) is 14.9 Å². The molecule has 3 amide bonds. The maximum absolute atomic E-state index is 13.5. The zero-order valence-corrected chi connectivity index (χ0v) is 16.8. The third kappa shape index (κ3) is 2.94. The van der Waals surface area contributed by atoms with Gasteiger partial charge in [-0.05, 0) is 31.0 Å². The average molecular weight is 399 g/mol. The third-order valence-corrected chi connectivity index (χ3v) is 5.55. The molecule has 150 valence electrons. The fourth-order valence-corrected chi connectivity index (χ4v) is 3.93. The van der Waals surface area contributed by atoms with Crippen LogP contribution in [0.1, 0.15) is 35.9 Å². The summed E-state index contributed by atoms with van der Waals surface area (Å²) in [5.41, 5.74) is 1.80. The Hall–Kier alpha value is -3.92. The first-order valence-corrected chi connectivity index (χ1v) is 9.75. The lowest BCUT2D eigenvalue weighted by atomic mass is 9.87. The Bertz CT molecular complexity index is 1150. The van der Waals surface area contributed by atoms with Crippen molar-refractivity contribution in [3.63, 3.8) is 0 Å². The van der Waals surface area contributed by atoms with E-state index < -0.39 is 11.6 Å². The van der Waals surface area contributed by atoms with Crippen LogP contribution >= 0.6 is 0 Å². The van der Waals surface area contributed by atoms with E-state index in [2.05, 4.69) is 16.5 Å². The number of hydrogen-bond acceptors (Lipinski definition) is 4. The van der Waals surface area contributed by atoms with Crippen molar-refractivity contribution in [1.82, 2.24) is 20.0 Å². The second-order valence-electron chi connectivity index (χ2n) is 7.21. The maximum Gasteiger partial charge on any atom is 0.325 e. The number of amides is 3. The van der Waals surface area contributed by atoms with Gasteiger partial charge in [0.05, 0.1) is 29.2 Å². The van der Waals surface area contributed by atoms with Gasteiger partial charge in [0.2, 0.25) is 0 Å². The smallest absolute Gasteiger partial charge is 0.319 e. The Labute approximate surface area is 174 Å². The third-order valence-electron chi connectivity index (χ3n) is 5.55. The SMILES string of the molecule is CC[C@]1(c2ccccc2)NC(=O)N(Cc2c(C#N)c(C)nn2-c2ccccc2)C1=O. The number of nitriles is 1. The number of rotatable bonds is 5. The second kappa shape index (κ2) is 7.48. The number of nitrogens with one attached hydrogen (secondary N) is 1. The molecule has 3 aromatic rings. The summed E-state index contributed by atoms with van der Waals surface area (Å²) in [6.45, 7) is 3.57. The predicted molar refractivity (Wildman–Crippen MR) is 111 cm³/mol. The van der Waals surface area contributed by atoms with Gasteiger partial charge in [0.25, 0.3) is 5.91 Å². The van der Waals surface area contributed by atoms with E-state index in [1.54, 1.807) is 11.6 Å². The molecule has 7 nitrogen and oxygen atoms in total. The summed E-state index contributed by atoms with van der Waals surface area (Å²) in [6, 6.07) is 20.3. The lowest BCUT2D eigenvalue weighted by molar-refractivity contribution is -0.132. The minimum atomic E-state index is -1.11. The highest BCUT2D eigenvalue weighted by molar-refractivity contribution is 6.07. The molecule has 0 spiro atoms. The van der Waals surface area contributed by atoms with Gasteiger partial charge < -0.3 is 5.32 Å². The molecule has 1 aliphatic rings. The van der Waals surface area contributed by atoms with E-state index >= 15 is 0 Å².